The summed E-state index contributed by atoms with van der Waals surface area (Å²) in [7, 11) is 0. The first-order chi connectivity index (χ1) is 7.74. The summed E-state index contributed by atoms with van der Waals surface area (Å²) in [6.07, 6.45) is 2.06. The average Bonchev–Trinajstić information content (AvgIpc) is 2.29. The average molecular weight is 233 g/mol. The fraction of sp³-hybridized carbons (Fsp3) is 0.625. The zero-order chi connectivity index (χ0) is 13.3. The molecule has 1 aromatic carbocycles. The number of hydrogen-bond acceptors (Lipinski definition) is 1. The maximum Gasteiger partial charge on any atom is -0.0106 e. The summed E-state index contributed by atoms with van der Waals surface area (Å²) in [6.45, 7) is 13.1. The number of rotatable bonds is 4. The van der Waals surface area contributed by atoms with Crippen LogP contribution in [0, 0.1) is 0 Å². The zero-order valence-electron chi connectivity index (χ0n) is 12.1. The maximum absolute atomic E-state index is 12.0. The van der Waals surface area contributed by atoms with Crippen LogP contribution in [0.4, 0.5) is 0 Å². The lowest BCUT2D eigenvalue weighted by Crippen LogP contribution is -2.21. The van der Waals surface area contributed by atoms with Crippen molar-refractivity contribution < 1.29 is 5.11 Å². The second-order valence-electron chi connectivity index (χ2n) is 6.19. The quantitative estimate of drug-likeness (QED) is 0.766. The van der Waals surface area contributed by atoms with Crippen LogP contribution >= 0.6 is 0 Å². The van der Waals surface area contributed by atoms with Gasteiger partial charge in [0.25, 0.3) is 0 Å². The van der Waals surface area contributed by atoms with Gasteiger partial charge in [-0.3, -0.25) is 0 Å². The van der Waals surface area contributed by atoms with Gasteiger partial charge in [0.05, 0.1) is 0 Å². The molecule has 17 heavy (non-hydrogen) atoms. The van der Waals surface area contributed by atoms with E-state index in [0.717, 1.165) is 18.4 Å². The molecular weight excluding hydrogens is 208 g/mol. The van der Waals surface area contributed by atoms with Crippen LogP contribution in [0.15, 0.2) is 18.2 Å². The molecule has 1 heteroatoms. The third-order valence-electron chi connectivity index (χ3n) is 4.26. The largest absolute Gasteiger partial charge is 0.872 e. The Labute approximate surface area is 106 Å². The van der Waals surface area contributed by atoms with Crippen molar-refractivity contribution in [3.8, 4) is 5.75 Å². The topological polar surface area (TPSA) is 23.1 Å². The lowest BCUT2D eigenvalue weighted by molar-refractivity contribution is -0.270. The predicted octanol–water partition coefficient (Wildman–Crippen LogP) is 4.14. The van der Waals surface area contributed by atoms with Crippen LogP contribution in [0.3, 0.4) is 0 Å². The van der Waals surface area contributed by atoms with Crippen molar-refractivity contribution in [1.82, 2.24) is 0 Å². The van der Waals surface area contributed by atoms with E-state index in [0.29, 0.717) is 0 Å². The molecule has 0 aliphatic rings. The maximum atomic E-state index is 12.0. The summed E-state index contributed by atoms with van der Waals surface area (Å²) < 4.78 is 0. The van der Waals surface area contributed by atoms with E-state index in [1.165, 1.54) is 5.56 Å². The van der Waals surface area contributed by atoms with Gasteiger partial charge in [0.1, 0.15) is 0 Å². The molecule has 0 unspecified atom stereocenters. The molecule has 0 saturated heterocycles. The Morgan fingerprint density at radius 1 is 0.941 bits per heavy atom. The molecule has 0 heterocycles. The van der Waals surface area contributed by atoms with Crippen molar-refractivity contribution in [2.24, 2.45) is 0 Å². The minimum atomic E-state index is -0.0308. The second kappa shape index (κ2) is 4.72. The highest BCUT2D eigenvalue weighted by atomic mass is 16.3. The first kappa shape index (κ1) is 14.1. The Kier molecular flexibility index (Phi) is 3.91. The summed E-state index contributed by atoms with van der Waals surface area (Å²) in [5, 5.41) is 12.0. The van der Waals surface area contributed by atoms with Crippen molar-refractivity contribution in [3.05, 3.63) is 29.3 Å². The molecule has 0 N–H and O–H groups in total. The Morgan fingerprint density at radius 3 is 1.94 bits per heavy atom. The highest BCUT2D eigenvalue weighted by Crippen LogP contribution is 2.36. The van der Waals surface area contributed by atoms with E-state index in [-0.39, 0.29) is 16.6 Å². The van der Waals surface area contributed by atoms with Crippen LogP contribution < -0.4 is 5.11 Å². The second-order valence-corrected chi connectivity index (χ2v) is 6.19. The normalized spacial score (nSPS) is 12.8. The minimum absolute atomic E-state index is 0.0308. The Morgan fingerprint density at radius 2 is 1.47 bits per heavy atom. The molecule has 0 saturated carbocycles. The van der Waals surface area contributed by atoms with Gasteiger partial charge in [-0.25, -0.2) is 0 Å². The Balaban J connectivity index is 3.30. The van der Waals surface area contributed by atoms with Gasteiger partial charge in [0.15, 0.2) is 0 Å². The zero-order valence-corrected chi connectivity index (χ0v) is 12.1. The highest BCUT2D eigenvalue weighted by Gasteiger charge is 2.23. The molecule has 1 aromatic rings. The lowest BCUT2D eigenvalue weighted by Gasteiger charge is -2.32. The third kappa shape index (κ3) is 2.83. The highest BCUT2D eigenvalue weighted by molar-refractivity contribution is 5.42. The molecule has 0 aromatic heterocycles. The summed E-state index contributed by atoms with van der Waals surface area (Å²) in [4.78, 5) is 0. The molecule has 0 atom stereocenters. The van der Waals surface area contributed by atoms with Gasteiger partial charge in [-0.15, -0.1) is 5.75 Å². The van der Waals surface area contributed by atoms with E-state index in [2.05, 4.69) is 47.6 Å². The lowest BCUT2D eigenvalue weighted by atomic mass is 9.76. The molecular formula is C16H25O-. The predicted molar refractivity (Wildman–Crippen MR) is 72.5 cm³/mol. The van der Waals surface area contributed by atoms with Gasteiger partial charge in [-0.2, -0.15) is 0 Å². The van der Waals surface area contributed by atoms with Crippen molar-refractivity contribution >= 4 is 0 Å². The van der Waals surface area contributed by atoms with Gasteiger partial charge in [0, 0.05) is 0 Å². The van der Waals surface area contributed by atoms with E-state index in [9.17, 15) is 5.11 Å². The van der Waals surface area contributed by atoms with E-state index >= 15 is 0 Å². The van der Waals surface area contributed by atoms with Gasteiger partial charge in [0.2, 0.25) is 0 Å². The van der Waals surface area contributed by atoms with Gasteiger partial charge >= 0.3 is 0 Å². The van der Waals surface area contributed by atoms with Gasteiger partial charge in [-0.05, 0) is 34.8 Å². The fourth-order valence-corrected chi connectivity index (χ4v) is 1.87. The summed E-state index contributed by atoms with van der Waals surface area (Å²) >= 11 is 0. The molecule has 0 bridgehead atoms. The molecule has 0 aliphatic heterocycles. The smallest absolute Gasteiger partial charge is 0.0106 e. The molecule has 0 radical (unpaired) electrons. The summed E-state index contributed by atoms with van der Waals surface area (Å²) in [5.74, 6) is 0.174. The van der Waals surface area contributed by atoms with E-state index in [1.54, 1.807) is 6.07 Å². The van der Waals surface area contributed by atoms with Gasteiger partial charge in [-0.1, -0.05) is 59.7 Å². The van der Waals surface area contributed by atoms with Crippen LogP contribution in [0.5, 0.6) is 5.75 Å². The molecule has 96 valence electrons. The third-order valence-corrected chi connectivity index (χ3v) is 4.26. The van der Waals surface area contributed by atoms with Crippen molar-refractivity contribution in [2.75, 3.05) is 0 Å². The van der Waals surface area contributed by atoms with E-state index < -0.39 is 0 Å². The van der Waals surface area contributed by atoms with Crippen LogP contribution in [-0.2, 0) is 10.8 Å². The van der Waals surface area contributed by atoms with Crippen molar-refractivity contribution in [3.63, 3.8) is 0 Å². The Bertz CT molecular complexity index is 389. The Hall–Kier alpha value is -0.980. The van der Waals surface area contributed by atoms with Crippen molar-refractivity contribution in [2.45, 2.75) is 65.2 Å². The monoisotopic (exact) mass is 233 g/mol. The molecule has 0 amide bonds. The standard InChI is InChI=1S/C16H26O/c1-7-15(3,4)12-9-10-14(17)13(11-12)16(5,6)8-2/h9-11,17H,7-8H2,1-6H3/p-1. The van der Waals surface area contributed by atoms with Crippen molar-refractivity contribution in [1.29, 1.82) is 0 Å². The van der Waals surface area contributed by atoms with E-state index in [1.807, 2.05) is 6.07 Å². The van der Waals surface area contributed by atoms with E-state index in [4.69, 9.17) is 0 Å². The first-order valence-electron chi connectivity index (χ1n) is 6.56. The number of hydrogen-bond donors (Lipinski definition) is 0. The molecule has 0 spiro atoms. The fourth-order valence-electron chi connectivity index (χ4n) is 1.87. The molecule has 1 rings (SSSR count). The van der Waals surface area contributed by atoms with Crippen LogP contribution in [0.1, 0.15) is 65.5 Å². The summed E-state index contributed by atoms with van der Waals surface area (Å²) in [6, 6.07) is 5.84. The van der Waals surface area contributed by atoms with Gasteiger partial charge < -0.3 is 5.11 Å². The SMILES string of the molecule is CCC(C)(C)c1ccc([O-])c(C(C)(C)CC)c1. The summed E-state index contributed by atoms with van der Waals surface area (Å²) in [5.41, 5.74) is 2.35. The van der Waals surface area contributed by atoms with Crippen LogP contribution in [0.2, 0.25) is 0 Å². The molecule has 1 nitrogen and oxygen atoms in total. The first-order valence-corrected chi connectivity index (χ1v) is 6.56. The minimum Gasteiger partial charge on any atom is -0.872 e. The van der Waals surface area contributed by atoms with Crippen LogP contribution in [0.25, 0.3) is 0 Å². The number of benzene rings is 1. The molecule has 0 fully saturated rings. The van der Waals surface area contributed by atoms with Crippen LogP contribution in [-0.4, -0.2) is 0 Å². The molecule has 0 aliphatic carbocycles.